The van der Waals surface area contributed by atoms with Crippen LogP contribution in [0.15, 0.2) is 36.4 Å². The van der Waals surface area contributed by atoms with E-state index in [0.717, 1.165) is 11.3 Å². The van der Waals surface area contributed by atoms with Crippen molar-refractivity contribution < 1.29 is 19.3 Å². The highest BCUT2D eigenvalue weighted by molar-refractivity contribution is 6.09. The maximum atomic E-state index is 12.8. The van der Waals surface area contributed by atoms with Crippen LogP contribution in [-0.4, -0.2) is 34.1 Å². The van der Waals surface area contributed by atoms with E-state index in [1.165, 1.54) is 24.3 Å². The molecule has 1 heterocycles. The second-order valence-corrected chi connectivity index (χ2v) is 7.77. The first-order valence-corrected chi connectivity index (χ1v) is 9.03. The van der Waals surface area contributed by atoms with Crippen molar-refractivity contribution in [1.82, 2.24) is 4.90 Å². The fraction of sp³-hybridized carbons (Fsp3) is 0.421. The van der Waals surface area contributed by atoms with Gasteiger partial charge < -0.3 is 5.32 Å². The Morgan fingerprint density at radius 1 is 1.07 bits per heavy atom. The molecule has 8 nitrogen and oxygen atoms in total. The Bertz CT molecular complexity index is 872. The third-order valence-electron chi connectivity index (χ3n) is 6.42. The first-order chi connectivity index (χ1) is 13.0. The number of nitrogens with one attached hydrogen (secondary N) is 1. The summed E-state index contributed by atoms with van der Waals surface area (Å²) in [5.74, 6) is -0.309. The summed E-state index contributed by atoms with van der Waals surface area (Å²) in [5, 5.41) is 13.3. The number of nitrogens with zero attached hydrogens (tertiary/aromatic N) is 2. The lowest BCUT2D eigenvalue weighted by molar-refractivity contribution is -0.384. The van der Waals surface area contributed by atoms with E-state index in [4.69, 9.17) is 0 Å². The van der Waals surface area contributed by atoms with Crippen molar-refractivity contribution in [3.63, 3.8) is 0 Å². The minimum Gasteiger partial charge on any atom is -0.325 e. The highest BCUT2D eigenvalue weighted by atomic mass is 16.6. The number of nitro groups is 1. The Balaban J connectivity index is 1.29. The highest BCUT2D eigenvalue weighted by Crippen LogP contribution is 2.65. The Labute approximate surface area is 154 Å². The molecule has 0 unspecified atom stereocenters. The third kappa shape index (κ3) is 2.32. The van der Waals surface area contributed by atoms with Crippen LogP contribution in [0.5, 0.6) is 0 Å². The van der Waals surface area contributed by atoms with E-state index in [0.29, 0.717) is 17.5 Å². The summed E-state index contributed by atoms with van der Waals surface area (Å²) < 4.78 is 0. The molecular formula is C19H17N3O5. The zero-order chi connectivity index (χ0) is 18.9. The number of hydrogen-bond acceptors (Lipinski definition) is 5. The molecular weight excluding hydrogens is 350 g/mol. The summed E-state index contributed by atoms with van der Waals surface area (Å²) in [4.78, 5) is 49.2. The minimum absolute atomic E-state index is 0.0801. The lowest BCUT2D eigenvalue weighted by Crippen LogP contribution is -2.40. The molecule has 1 aromatic rings. The van der Waals surface area contributed by atoms with Gasteiger partial charge in [-0.2, -0.15) is 0 Å². The molecule has 1 saturated heterocycles. The Morgan fingerprint density at radius 2 is 1.63 bits per heavy atom. The number of nitro benzene ring substituents is 1. The number of carbonyl (C=O) groups is 3. The highest BCUT2D eigenvalue weighted by Gasteiger charge is 2.67. The van der Waals surface area contributed by atoms with Crippen molar-refractivity contribution in [1.29, 1.82) is 0 Å². The summed E-state index contributed by atoms with van der Waals surface area (Å²) in [6.07, 6.45) is 5.27. The van der Waals surface area contributed by atoms with Crippen LogP contribution in [0.25, 0.3) is 0 Å². The molecule has 6 atom stereocenters. The largest absolute Gasteiger partial charge is 0.325 e. The number of non-ortho nitro benzene ring substituents is 1. The Kier molecular flexibility index (Phi) is 3.28. The molecule has 1 aliphatic heterocycles. The number of hydrogen-bond donors (Lipinski definition) is 1. The maximum Gasteiger partial charge on any atom is 0.269 e. The van der Waals surface area contributed by atoms with Gasteiger partial charge in [0.25, 0.3) is 5.69 Å². The second kappa shape index (κ2) is 5.48. The van der Waals surface area contributed by atoms with Gasteiger partial charge >= 0.3 is 0 Å². The van der Waals surface area contributed by atoms with Crippen molar-refractivity contribution in [2.75, 3.05) is 11.9 Å². The van der Waals surface area contributed by atoms with Crippen molar-refractivity contribution in [3.8, 4) is 0 Å². The van der Waals surface area contributed by atoms with E-state index in [2.05, 4.69) is 17.5 Å². The first kappa shape index (κ1) is 16.2. The quantitative estimate of drug-likeness (QED) is 0.376. The summed E-state index contributed by atoms with van der Waals surface area (Å²) in [6, 6.07) is 5.40. The van der Waals surface area contributed by atoms with Crippen molar-refractivity contribution in [2.24, 2.45) is 35.5 Å². The van der Waals surface area contributed by atoms with Crippen molar-refractivity contribution in [2.45, 2.75) is 6.42 Å². The topological polar surface area (TPSA) is 110 Å². The summed E-state index contributed by atoms with van der Waals surface area (Å²) in [7, 11) is 0. The van der Waals surface area contributed by atoms with E-state index >= 15 is 0 Å². The number of likely N-dealkylation sites (tertiary alicyclic amines) is 1. The fourth-order valence-electron chi connectivity index (χ4n) is 5.19. The summed E-state index contributed by atoms with van der Waals surface area (Å²) >= 11 is 0. The molecule has 5 aliphatic rings. The van der Waals surface area contributed by atoms with E-state index < -0.39 is 10.8 Å². The van der Waals surface area contributed by atoms with Crippen LogP contribution < -0.4 is 5.32 Å². The van der Waals surface area contributed by atoms with Gasteiger partial charge in [-0.1, -0.05) is 12.2 Å². The number of benzene rings is 1. The number of amides is 3. The van der Waals surface area contributed by atoms with E-state index in [9.17, 15) is 24.5 Å². The molecule has 0 radical (unpaired) electrons. The maximum absolute atomic E-state index is 12.8. The average molecular weight is 367 g/mol. The predicted octanol–water partition coefficient (Wildman–Crippen LogP) is 1.59. The lowest BCUT2D eigenvalue weighted by Gasteiger charge is -2.37. The van der Waals surface area contributed by atoms with Crippen LogP contribution in [0.3, 0.4) is 0 Å². The molecule has 138 valence electrons. The van der Waals surface area contributed by atoms with Gasteiger partial charge in [-0.25, -0.2) is 0 Å². The lowest BCUT2D eigenvalue weighted by atomic mass is 9.63. The predicted molar refractivity (Wildman–Crippen MR) is 93.1 cm³/mol. The molecule has 8 heteroatoms. The zero-order valence-electron chi connectivity index (χ0n) is 14.3. The van der Waals surface area contributed by atoms with E-state index in [-0.39, 0.29) is 47.7 Å². The SMILES string of the molecule is O=C(CN1C(=O)[C@@H]2[C@@H]3C=C[C@H]([C@H]4C[C@H]34)[C@H]2C1=O)Nc1ccc([N+](=O)[O-])cc1. The van der Waals surface area contributed by atoms with Gasteiger partial charge in [-0.3, -0.25) is 29.4 Å². The van der Waals surface area contributed by atoms with E-state index in [1.54, 1.807) is 0 Å². The van der Waals surface area contributed by atoms with Gasteiger partial charge in [0.1, 0.15) is 6.54 Å². The monoisotopic (exact) mass is 367 g/mol. The van der Waals surface area contributed by atoms with Gasteiger partial charge in [0.2, 0.25) is 17.7 Å². The van der Waals surface area contributed by atoms with E-state index in [1.807, 2.05) is 0 Å². The normalized spacial score (nSPS) is 35.0. The van der Waals surface area contributed by atoms with Gasteiger partial charge in [0.05, 0.1) is 16.8 Å². The standard InChI is InChI=1S/C19H17N3O5/c23-15(20-9-1-3-10(4-2-9)22(26)27)8-21-18(24)16-11-5-6-12(14-7-13(11)14)17(16)19(21)25/h1-6,11-14,16-17H,7-8H2,(H,20,23)/t11-,12-,13-,14-,16-,17-/m1/s1. The van der Waals surface area contributed by atoms with Crippen LogP contribution in [0.1, 0.15) is 6.42 Å². The van der Waals surface area contributed by atoms with Crippen LogP contribution >= 0.6 is 0 Å². The van der Waals surface area contributed by atoms with Gasteiger partial charge in [0.15, 0.2) is 0 Å². The number of rotatable bonds is 4. The van der Waals surface area contributed by atoms with Gasteiger partial charge in [-0.15, -0.1) is 0 Å². The molecule has 2 bridgehead atoms. The summed E-state index contributed by atoms with van der Waals surface area (Å²) in [5.41, 5.74) is 0.300. The van der Waals surface area contributed by atoms with Gasteiger partial charge in [0, 0.05) is 17.8 Å². The van der Waals surface area contributed by atoms with Crippen molar-refractivity contribution in [3.05, 3.63) is 46.5 Å². The average Bonchev–Trinajstić information content (AvgIpc) is 3.43. The molecule has 0 spiro atoms. The molecule has 4 aliphatic carbocycles. The first-order valence-electron chi connectivity index (χ1n) is 9.03. The Hall–Kier alpha value is -3.03. The van der Waals surface area contributed by atoms with Crippen LogP contribution in [0, 0.1) is 45.6 Å². The van der Waals surface area contributed by atoms with Crippen LogP contribution in [-0.2, 0) is 14.4 Å². The smallest absolute Gasteiger partial charge is 0.269 e. The zero-order valence-corrected chi connectivity index (χ0v) is 14.3. The molecule has 0 aromatic heterocycles. The molecule has 2 saturated carbocycles. The summed E-state index contributed by atoms with van der Waals surface area (Å²) in [6.45, 7) is -0.323. The molecule has 27 heavy (non-hydrogen) atoms. The molecule has 3 amide bonds. The van der Waals surface area contributed by atoms with Crippen molar-refractivity contribution >= 4 is 29.1 Å². The molecule has 1 aromatic carbocycles. The number of imide groups is 1. The number of allylic oxidation sites excluding steroid dienone is 2. The molecule has 6 rings (SSSR count). The van der Waals surface area contributed by atoms with Crippen LogP contribution in [0.4, 0.5) is 11.4 Å². The fourth-order valence-corrected chi connectivity index (χ4v) is 5.19. The molecule has 3 fully saturated rings. The molecule has 1 N–H and O–H groups in total. The minimum atomic E-state index is -0.526. The van der Waals surface area contributed by atoms with Gasteiger partial charge in [-0.05, 0) is 42.2 Å². The number of carbonyl (C=O) groups excluding carboxylic acids is 3. The Morgan fingerprint density at radius 3 is 2.15 bits per heavy atom. The van der Waals surface area contributed by atoms with Crippen LogP contribution in [0.2, 0.25) is 0 Å². The third-order valence-corrected chi connectivity index (χ3v) is 6.42. The second-order valence-electron chi connectivity index (χ2n) is 7.77. The number of anilines is 1.